The number of piperidine rings is 2. The number of carbonyl (C=O) groups is 3. The van der Waals surface area contributed by atoms with Crippen molar-refractivity contribution in [2.75, 3.05) is 19.6 Å². The first kappa shape index (κ1) is 18.4. The molecule has 2 saturated heterocycles. The summed E-state index contributed by atoms with van der Waals surface area (Å²) in [5.74, 6) is -2.26. The summed E-state index contributed by atoms with van der Waals surface area (Å²) in [7, 11) is 0. The first-order chi connectivity index (χ1) is 12.1. The lowest BCUT2D eigenvalue weighted by Gasteiger charge is -2.53. The number of benzene rings is 1. The van der Waals surface area contributed by atoms with Crippen molar-refractivity contribution in [3.8, 4) is 0 Å². The van der Waals surface area contributed by atoms with Gasteiger partial charge in [-0.05, 0) is 37.4 Å². The summed E-state index contributed by atoms with van der Waals surface area (Å²) in [5, 5.41) is 10.5. The van der Waals surface area contributed by atoms with Crippen LogP contribution in [0.25, 0.3) is 0 Å². The Morgan fingerprint density at radius 2 is 1.69 bits per heavy atom. The predicted molar refractivity (Wildman–Crippen MR) is 83.5 cm³/mol. The number of hydrogen-bond acceptors (Lipinski definition) is 4. The molecular formula is C17H17F3N2O4. The minimum Gasteiger partial charge on any atom is -0.475 e. The molecule has 2 N–H and O–H groups in total. The molecule has 140 valence electrons. The number of imide groups is 1. The minimum absolute atomic E-state index is 0.121. The van der Waals surface area contributed by atoms with E-state index >= 15 is 0 Å². The van der Waals surface area contributed by atoms with E-state index in [0.717, 1.165) is 31.8 Å². The van der Waals surface area contributed by atoms with Gasteiger partial charge in [0.05, 0.1) is 11.1 Å². The summed E-state index contributed by atoms with van der Waals surface area (Å²) in [6.07, 6.45) is -2.79. The van der Waals surface area contributed by atoms with Crippen LogP contribution >= 0.6 is 0 Å². The summed E-state index contributed by atoms with van der Waals surface area (Å²) in [6.45, 7) is 2.59. The first-order valence-corrected chi connectivity index (χ1v) is 8.09. The highest BCUT2D eigenvalue weighted by Gasteiger charge is 2.50. The van der Waals surface area contributed by atoms with E-state index in [9.17, 15) is 22.8 Å². The van der Waals surface area contributed by atoms with Gasteiger partial charge in [-0.25, -0.2) is 4.79 Å². The van der Waals surface area contributed by atoms with Crippen LogP contribution in [0.5, 0.6) is 0 Å². The van der Waals surface area contributed by atoms with Crippen LogP contribution < -0.4 is 5.32 Å². The molecule has 0 spiro atoms. The zero-order chi connectivity index (χ0) is 19.1. The highest BCUT2D eigenvalue weighted by atomic mass is 19.4. The number of aliphatic carboxylic acids is 1. The number of carbonyl (C=O) groups excluding carboxylic acids is 2. The Bertz CT molecular complexity index is 716. The van der Waals surface area contributed by atoms with Gasteiger partial charge in [-0.15, -0.1) is 0 Å². The molecule has 9 heteroatoms. The average molecular weight is 370 g/mol. The number of hydrogen-bond donors (Lipinski definition) is 2. The van der Waals surface area contributed by atoms with E-state index in [1.165, 1.54) is 4.90 Å². The molecule has 1 aliphatic carbocycles. The molecule has 1 aromatic carbocycles. The maximum atomic E-state index is 12.3. The normalized spacial score (nSPS) is 26.6. The highest BCUT2D eigenvalue weighted by Crippen LogP contribution is 2.48. The second-order valence-electron chi connectivity index (χ2n) is 6.95. The molecule has 0 aromatic heterocycles. The van der Waals surface area contributed by atoms with Crippen molar-refractivity contribution in [3.05, 3.63) is 35.4 Å². The molecule has 3 heterocycles. The van der Waals surface area contributed by atoms with Crippen LogP contribution in [0.15, 0.2) is 24.3 Å². The lowest BCUT2D eigenvalue weighted by atomic mass is 9.59. The van der Waals surface area contributed by atoms with E-state index in [4.69, 9.17) is 9.90 Å². The maximum Gasteiger partial charge on any atom is 0.490 e. The van der Waals surface area contributed by atoms with Crippen LogP contribution in [0, 0.1) is 11.3 Å². The van der Waals surface area contributed by atoms with Gasteiger partial charge in [0.2, 0.25) is 0 Å². The molecule has 1 saturated carbocycles. The zero-order valence-corrected chi connectivity index (χ0v) is 13.7. The van der Waals surface area contributed by atoms with Crippen LogP contribution in [-0.4, -0.2) is 53.6 Å². The Morgan fingerprint density at radius 3 is 2.08 bits per heavy atom. The summed E-state index contributed by atoms with van der Waals surface area (Å²) in [6, 6.07) is 7.12. The number of halogens is 3. The van der Waals surface area contributed by atoms with Gasteiger partial charge in [0.1, 0.15) is 0 Å². The van der Waals surface area contributed by atoms with Gasteiger partial charge >= 0.3 is 12.1 Å². The van der Waals surface area contributed by atoms with Crippen LogP contribution in [-0.2, 0) is 4.79 Å². The zero-order valence-electron chi connectivity index (χ0n) is 13.7. The molecule has 2 bridgehead atoms. The number of carboxylic acid groups (broad SMARTS) is 1. The van der Waals surface area contributed by atoms with Gasteiger partial charge in [-0.1, -0.05) is 12.1 Å². The third-order valence-electron chi connectivity index (χ3n) is 4.99. The molecular weight excluding hydrogens is 353 g/mol. The molecule has 1 aromatic rings. The third kappa shape index (κ3) is 3.31. The molecule has 0 unspecified atom stereocenters. The van der Waals surface area contributed by atoms with Gasteiger partial charge in [-0.3, -0.25) is 14.5 Å². The number of rotatable bonds is 2. The van der Waals surface area contributed by atoms with Crippen molar-refractivity contribution < 1.29 is 32.7 Å². The van der Waals surface area contributed by atoms with Crippen LogP contribution in [0.2, 0.25) is 0 Å². The summed E-state index contributed by atoms with van der Waals surface area (Å²) < 4.78 is 31.7. The second-order valence-corrected chi connectivity index (χ2v) is 6.95. The fraction of sp³-hybridized carbons (Fsp3) is 0.471. The lowest BCUT2D eigenvalue weighted by molar-refractivity contribution is -0.192. The largest absolute Gasteiger partial charge is 0.490 e. The van der Waals surface area contributed by atoms with Crippen LogP contribution in [0.4, 0.5) is 13.2 Å². The van der Waals surface area contributed by atoms with E-state index in [1.807, 2.05) is 12.1 Å². The number of fused-ring (bicyclic) bond motifs is 3. The summed E-state index contributed by atoms with van der Waals surface area (Å²) in [5.41, 5.74) is 1.25. The SMILES string of the molecule is O=C(O)C(F)(F)F.O=C1c2ccccc2C(=O)N1CC12CNCC(C1)C2. The van der Waals surface area contributed by atoms with Gasteiger partial charge < -0.3 is 10.4 Å². The van der Waals surface area contributed by atoms with E-state index in [1.54, 1.807) is 12.1 Å². The lowest BCUT2D eigenvalue weighted by Crippen LogP contribution is -2.59. The molecule has 5 rings (SSSR count). The van der Waals surface area contributed by atoms with Gasteiger partial charge in [0.25, 0.3) is 11.8 Å². The van der Waals surface area contributed by atoms with Gasteiger partial charge in [-0.2, -0.15) is 13.2 Å². The molecule has 0 radical (unpaired) electrons. The summed E-state index contributed by atoms with van der Waals surface area (Å²) in [4.78, 5) is 35.0. The Kier molecular flexibility index (Phi) is 4.51. The van der Waals surface area contributed by atoms with Crippen molar-refractivity contribution in [2.24, 2.45) is 11.3 Å². The fourth-order valence-electron chi connectivity index (χ4n) is 3.90. The molecule has 2 amide bonds. The predicted octanol–water partition coefficient (Wildman–Crippen LogP) is 1.92. The molecule has 4 aliphatic rings. The quantitative estimate of drug-likeness (QED) is 0.777. The Hall–Kier alpha value is -2.42. The Morgan fingerprint density at radius 1 is 1.19 bits per heavy atom. The second kappa shape index (κ2) is 6.39. The van der Waals surface area contributed by atoms with Gasteiger partial charge in [0.15, 0.2) is 0 Å². The monoisotopic (exact) mass is 370 g/mol. The van der Waals surface area contributed by atoms with E-state index in [-0.39, 0.29) is 17.2 Å². The van der Waals surface area contributed by atoms with Crippen LogP contribution in [0.3, 0.4) is 0 Å². The smallest absolute Gasteiger partial charge is 0.475 e. The van der Waals surface area contributed by atoms with E-state index < -0.39 is 12.1 Å². The fourth-order valence-corrected chi connectivity index (χ4v) is 3.90. The molecule has 26 heavy (non-hydrogen) atoms. The summed E-state index contributed by atoms with van der Waals surface area (Å²) >= 11 is 0. The van der Waals surface area contributed by atoms with E-state index in [2.05, 4.69) is 5.32 Å². The van der Waals surface area contributed by atoms with Crippen molar-refractivity contribution >= 4 is 17.8 Å². The standard InChI is InChI=1S/C15H16N2O2.C2HF3O2/c18-13-11-3-1-2-4-12(11)14(19)17(13)9-15-5-10(6-15)7-16-8-15;3-2(4,5)1(6)7/h1-4,10,16H,5-9H2;(H,6,7). The maximum absolute atomic E-state index is 12.3. The Balaban J connectivity index is 0.000000242. The number of amides is 2. The Labute approximate surface area is 147 Å². The van der Waals surface area contributed by atoms with Gasteiger partial charge in [0, 0.05) is 18.5 Å². The number of alkyl halides is 3. The number of nitrogens with zero attached hydrogens (tertiary/aromatic N) is 1. The highest BCUT2D eigenvalue weighted by molar-refractivity contribution is 6.21. The third-order valence-corrected chi connectivity index (χ3v) is 4.99. The minimum atomic E-state index is -5.08. The van der Waals surface area contributed by atoms with Crippen molar-refractivity contribution in [1.29, 1.82) is 0 Å². The molecule has 6 nitrogen and oxygen atoms in total. The first-order valence-electron chi connectivity index (χ1n) is 8.09. The topological polar surface area (TPSA) is 86.7 Å². The average Bonchev–Trinajstić information content (AvgIpc) is 2.80. The van der Waals surface area contributed by atoms with Crippen molar-refractivity contribution in [3.63, 3.8) is 0 Å². The van der Waals surface area contributed by atoms with Crippen LogP contribution in [0.1, 0.15) is 33.6 Å². The molecule has 3 aliphatic heterocycles. The number of carboxylic acids is 1. The molecule has 0 atom stereocenters. The number of nitrogens with one attached hydrogen (secondary N) is 1. The molecule has 3 fully saturated rings. The van der Waals surface area contributed by atoms with Crippen molar-refractivity contribution in [2.45, 2.75) is 19.0 Å². The van der Waals surface area contributed by atoms with Crippen molar-refractivity contribution in [1.82, 2.24) is 10.2 Å². The van der Waals surface area contributed by atoms with E-state index in [0.29, 0.717) is 17.7 Å².